The number of aromatic amines is 1. The number of carbonyl (C=O) groups excluding carboxylic acids is 1. The van der Waals surface area contributed by atoms with Gasteiger partial charge in [-0.25, -0.2) is 4.52 Å². The minimum absolute atomic E-state index is 0.0583. The van der Waals surface area contributed by atoms with E-state index in [1.54, 1.807) is 6.20 Å². The molecule has 0 unspecified atom stereocenters. The molecule has 4 heterocycles. The smallest absolute Gasteiger partial charge is 0.257 e. The lowest BCUT2D eigenvalue weighted by Gasteiger charge is -2.26. The molecule has 1 saturated heterocycles. The molecule has 0 bridgehead atoms. The molecule has 1 aromatic carbocycles. The summed E-state index contributed by atoms with van der Waals surface area (Å²) in [6.07, 6.45) is 5.00. The highest BCUT2D eigenvalue weighted by Gasteiger charge is 2.22. The highest BCUT2D eigenvalue weighted by atomic mass is 16.2. The number of benzene rings is 1. The Labute approximate surface area is 161 Å². The number of amides is 1. The Morgan fingerprint density at radius 1 is 1.00 bits per heavy atom. The van der Waals surface area contributed by atoms with Crippen molar-refractivity contribution in [3.63, 3.8) is 0 Å². The van der Waals surface area contributed by atoms with E-state index in [9.17, 15) is 9.59 Å². The number of nitrogens with one attached hydrogen (secondary N) is 1. The Morgan fingerprint density at radius 2 is 1.86 bits per heavy atom. The molecule has 0 atom stereocenters. The highest BCUT2D eigenvalue weighted by molar-refractivity contribution is 6.01. The van der Waals surface area contributed by atoms with Crippen molar-refractivity contribution in [2.24, 2.45) is 0 Å². The third kappa shape index (κ3) is 2.78. The summed E-state index contributed by atoms with van der Waals surface area (Å²) in [5.74, 6) is 0.0583. The Morgan fingerprint density at radius 3 is 2.71 bits per heavy atom. The van der Waals surface area contributed by atoms with Crippen LogP contribution in [0.25, 0.3) is 27.7 Å². The predicted octanol–water partition coefficient (Wildman–Crippen LogP) is 3.47. The zero-order chi connectivity index (χ0) is 19.1. The van der Waals surface area contributed by atoms with Gasteiger partial charge in [-0.3, -0.25) is 9.59 Å². The van der Waals surface area contributed by atoms with Crippen LogP contribution in [0.5, 0.6) is 0 Å². The van der Waals surface area contributed by atoms with Crippen LogP contribution in [0.15, 0.2) is 59.5 Å². The average Bonchev–Trinajstić information content (AvgIpc) is 3.17. The number of pyridine rings is 2. The van der Waals surface area contributed by atoms with Crippen LogP contribution >= 0.6 is 0 Å². The van der Waals surface area contributed by atoms with Crippen molar-refractivity contribution in [1.29, 1.82) is 0 Å². The molecule has 3 aromatic heterocycles. The lowest BCUT2D eigenvalue weighted by Crippen LogP contribution is -2.35. The summed E-state index contributed by atoms with van der Waals surface area (Å²) in [5.41, 5.74) is 4.03. The second-order valence-corrected chi connectivity index (χ2v) is 7.24. The number of likely N-dealkylation sites (tertiary alicyclic amines) is 1. The summed E-state index contributed by atoms with van der Waals surface area (Å²) in [5, 5.41) is 5.47. The van der Waals surface area contributed by atoms with Crippen LogP contribution in [0.2, 0.25) is 0 Å². The number of aromatic nitrogens is 3. The van der Waals surface area contributed by atoms with Gasteiger partial charge in [-0.1, -0.05) is 12.1 Å². The summed E-state index contributed by atoms with van der Waals surface area (Å²) in [4.78, 5) is 29.2. The fourth-order valence-corrected chi connectivity index (χ4v) is 3.98. The first-order valence-electron chi connectivity index (χ1n) is 9.60. The van der Waals surface area contributed by atoms with Crippen molar-refractivity contribution < 1.29 is 4.79 Å². The first-order chi connectivity index (χ1) is 13.7. The molecule has 1 fully saturated rings. The van der Waals surface area contributed by atoms with Gasteiger partial charge in [0.25, 0.3) is 5.91 Å². The van der Waals surface area contributed by atoms with Gasteiger partial charge in [-0.2, -0.15) is 5.10 Å². The summed E-state index contributed by atoms with van der Waals surface area (Å²) in [6.45, 7) is 1.64. The number of H-pyrrole nitrogens is 1. The monoisotopic (exact) mass is 372 g/mol. The zero-order valence-corrected chi connectivity index (χ0v) is 15.4. The van der Waals surface area contributed by atoms with Gasteiger partial charge in [0.15, 0.2) is 0 Å². The van der Waals surface area contributed by atoms with Crippen LogP contribution in [0.1, 0.15) is 29.6 Å². The third-order valence-corrected chi connectivity index (χ3v) is 5.44. The van der Waals surface area contributed by atoms with Crippen LogP contribution in [0, 0.1) is 0 Å². The topological polar surface area (TPSA) is 70.5 Å². The van der Waals surface area contributed by atoms with Crippen molar-refractivity contribution in [3.8, 4) is 11.3 Å². The minimum Gasteiger partial charge on any atom is -0.339 e. The van der Waals surface area contributed by atoms with Crippen LogP contribution < -0.4 is 5.56 Å². The van der Waals surface area contributed by atoms with E-state index in [1.807, 2.05) is 51.9 Å². The van der Waals surface area contributed by atoms with Crippen molar-refractivity contribution in [2.45, 2.75) is 19.3 Å². The van der Waals surface area contributed by atoms with Crippen molar-refractivity contribution in [3.05, 3.63) is 70.6 Å². The lowest BCUT2D eigenvalue weighted by molar-refractivity contribution is 0.0726. The first-order valence-corrected chi connectivity index (χ1v) is 9.60. The number of fused-ring (bicyclic) bond motifs is 2. The van der Waals surface area contributed by atoms with E-state index in [4.69, 9.17) is 0 Å². The fraction of sp³-hybridized carbons (Fsp3) is 0.227. The fourth-order valence-electron chi connectivity index (χ4n) is 3.98. The standard InChI is InChI=1S/C22H20N4O2/c27-21-10-8-15-13-16(7-9-18(15)24-21)19-5-4-6-20-17(14-23-26(19)20)22(28)25-11-2-1-3-12-25/h4-10,13-14H,1-3,11-12H2,(H,24,27). The molecule has 6 heteroatoms. The summed E-state index contributed by atoms with van der Waals surface area (Å²) in [7, 11) is 0. The molecule has 0 spiro atoms. The number of nitrogens with zero attached hydrogens (tertiary/aromatic N) is 3. The van der Waals surface area contributed by atoms with Crippen molar-refractivity contribution in [2.75, 3.05) is 13.1 Å². The molecule has 5 rings (SSSR count). The van der Waals surface area contributed by atoms with Crippen LogP contribution in [0.3, 0.4) is 0 Å². The minimum atomic E-state index is -0.115. The van der Waals surface area contributed by atoms with E-state index in [-0.39, 0.29) is 11.5 Å². The van der Waals surface area contributed by atoms with E-state index >= 15 is 0 Å². The van der Waals surface area contributed by atoms with Crippen LogP contribution in [-0.2, 0) is 0 Å². The number of rotatable bonds is 2. The summed E-state index contributed by atoms with van der Waals surface area (Å²) in [6, 6.07) is 15.1. The molecule has 0 radical (unpaired) electrons. The van der Waals surface area contributed by atoms with Gasteiger partial charge < -0.3 is 9.88 Å². The summed E-state index contributed by atoms with van der Waals surface area (Å²) < 4.78 is 1.82. The largest absolute Gasteiger partial charge is 0.339 e. The van der Waals surface area contributed by atoms with E-state index in [0.717, 1.165) is 53.6 Å². The molecule has 0 saturated carbocycles. The number of hydrogen-bond donors (Lipinski definition) is 1. The Bertz CT molecular complexity index is 1250. The molecule has 6 nitrogen and oxygen atoms in total. The quantitative estimate of drug-likeness (QED) is 0.586. The molecular weight excluding hydrogens is 352 g/mol. The van der Waals surface area contributed by atoms with Crippen LogP contribution in [0.4, 0.5) is 0 Å². The normalized spacial score (nSPS) is 14.6. The Kier molecular flexibility index (Phi) is 3.97. The first kappa shape index (κ1) is 16.7. The van der Waals surface area contributed by atoms with Gasteiger partial charge in [0.1, 0.15) is 0 Å². The van der Waals surface area contributed by atoms with Crippen molar-refractivity contribution >= 4 is 22.3 Å². The average molecular weight is 372 g/mol. The third-order valence-electron chi connectivity index (χ3n) is 5.44. The van der Waals surface area contributed by atoms with Gasteiger partial charge in [-0.15, -0.1) is 0 Å². The molecule has 1 aliphatic rings. The van der Waals surface area contributed by atoms with Gasteiger partial charge in [0.2, 0.25) is 5.56 Å². The van der Waals surface area contributed by atoms with E-state index in [2.05, 4.69) is 10.1 Å². The predicted molar refractivity (Wildman–Crippen MR) is 109 cm³/mol. The second-order valence-electron chi connectivity index (χ2n) is 7.24. The highest BCUT2D eigenvalue weighted by Crippen LogP contribution is 2.26. The van der Waals surface area contributed by atoms with E-state index in [1.165, 1.54) is 12.5 Å². The Hall–Kier alpha value is -3.41. The number of piperidine rings is 1. The number of carbonyl (C=O) groups is 1. The maximum Gasteiger partial charge on any atom is 0.257 e. The maximum absolute atomic E-state index is 13.0. The molecule has 1 N–H and O–H groups in total. The molecular formula is C22H20N4O2. The lowest BCUT2D eigenvalue weighted by atomic mass is 10.1. The van der Waals surface area contributed by atoms with Gasteiger partial charge in [-0.05, 0) is 55.0 Å². The second kappa shape index (κ2) is 6.64. The van der Waals surface area contributed by atoms with Gasteiger partial charge in [0, 0.05) is 30.2 Å². The van der Waals surface area contributed by atoms with Gasteiger partial charge >= 0.3 is 0 Å². The molecule has 1 amide bonds. The molecule has 0 aliphatic carbocycles. The van der Waals surface area contributed by atoms with E-state index in [0.29, 0.717) is 5.56 Å². The maximum atomic E-state index is 13.0. The molecule has 1 aliphatic heterocycles. The van der Waals surface area contributed by atoms with Crippen molar-refractivity contribution in [1.82, 2.24) is 19.5 Å². The van der Waals surface area contributed by atoms with Crippen LogP contribution in [-0.4, -0.2) is 38.5 Å². The zero-order valence-electron chi connectivity index (χ0n) is 15.4. The Balaban J connectivity index is 1.59. The number of hydrogen-bond acceptors (Lipinski definition) is 3. The van der Waals surface area contributed by atoms with Gasteiger partial charge in [0.05, 0.1) is 23.0 Å². The molecule has 140 valence electrons. The SMILES string of the molecule is O=C(c1cnn2c(-c3ccc4[nH]c(=O)ccc4c3)cccc12)N1CCCCC1. The molecule has 28 heavy (non-hydrogen) atoms. The summed E-state index contributed by atoms with van der Waals surface area (Å²) >= 11 is 0. The van der Waals surface area contributed by atoms with E-state index < -0.39 is 0 Å². The molecule has 4 aromatic rings.